The minimum absolute atomic E-state index is 0.0440. The Morgan fingerprint density at radius 2 is 0.698 bits per heavy atom. The van der Waals surface area contributed by atoms with Crippen molar-refractivity contribution in [1.82, 2.24) is 51.4 Å². The van der Waals surface area contributed by atoms with Gasteiger partial charge in [0.2, 0.25) is 59.1 Å². The molecule has 0 fully saturated rings. The van der Waals surface area contributed by atoms with Crippen LogP contribution < -0.4 is 57.1 Å². The zero-order chi connectivity index (χ0) is 72.7. The second-order valence-electron chi connectivity index (χ2n) is 23.1. The van der Waals surface area contributed by atoms with Gasteiger partial charge in [0.15, 0.2) is 6.29 Å². The molecule has 0 saturated carbocycles. The van der Waals surface area contributed by atoms with E-state index in [1.165, 1.54) is 6.92 Å². The number of rotatable bonds is 58. The van der Waals surface area contributed by atoms with Crippen LogP contribution in [0.4, 0.5) is 0 Å². The molecule has 0 spiro atoms. The first kappa shape index (κ1) is 88.5. The molecule has 0 radical (unpaired) electrons. The van der Waals surface area contributed by atoms with E-state index in [9.17, 15) is 118 Å². The number of carbonyl (C=O) groups is 15. The lowest BCUT2D eigenvalue weighted by atomic mass is 10.0. The molecule has 0 aliphatic heterocycles. The van der Waals surface area contributed by atoms with Crippen molar-refractivity contribution < 1.29 is 123 Å². The molecule has 37 heteroatoms. The average Bonchev–Trinajstić information content (AvgIpc) is 1.39. The maximum atomic E-state index is 13.4. The third-order valence-electron chi connectivity index (χ3n) is 15.0. The number of nitrogens with two attached hydrogens (primary N) is 1. The molecular formula is C59H100IN11O25. The van der Waals surface area contributed by atoms with Gasteiger partial charge in [-0.2, -0.15) is 0 Å². The van der Waals surface area contributed by atoms with Gasteiger partial charge >= 0.3 is 29.8 Å². The van der Waals surface area contributed by atoms with Gasteiger partial charge in [0, 0.05) is 74.4 Å². The first-order valence-corrected chi connectivity index (χ1v) is 33.1. The Hall–Kier alpha value is -7.46. The molecule has 0 aromatic rings. The van der Waals surface area contributed by atoms with E-state index in [0.717, 1.165) is 77.0 Å². The number of hydrogen-bond acceptors (Lipinski definition) is 21. The highest BCUT2D eigenvalue weighted by Gasteiger charge is 2.33. The molecule has 10 amide bonds. The largest absolute Gasteiger partial charge is 0.481 e. The number of primary amides is 1. The number of aliphatic hydroxyl groups excluding tert-OH is 4. The van der Waals surface area contributed by atoms with Crippen molar-refractivity contribution in [2.75, 3.05) is 19.8 Å². The summed E-state index contributed by atoms with van der Waals surface area (Å²) in [5, 5.41) is 117. The Labute approximate surface area is 569 Å². The van der Waals surface area contributed by atoms with Crippen LogP contribution in [0.1, 0.15) is 193 Å². The molecule has 548 valence electrons. The van der Waals surface area contributed by atoms with Crippen LogP contribution in [0.5, 0.6) is 0 Å². The van der Waals surface area contributed by atoms with E-state index in [-0.39, 0.29) is 32.2 Å². The van der Waals surface area contributed by atoms with Crippen LogP contribution in [0, 0.1) is 0 Å². The van der Waals surface area contributed by atoms with Gasteiger partial charge in [-0.25, -0.2) is 17.9 Å². The number of unbranched alkanes of at least 4 members (excludes halogenated alkanes) is 14. The fourth-order valence-corrected chi connectivity index (χ4v) is 9.99. The number of aliphatic carboxylic acids is 5. The Morgan fingerprint density at radius 3 is 1.09 bits per heavy atom. The Balaban J connectivity index is 5.24. The van der Waals surface area contributed by atoms with Crippen LogP contribution in [-0.2, 0) is 71.9 Å². The molecule has 0 aliphatic carbocycles. The minimum atomic E-state index is -2.41. The van der Waals surface area contributed by atoms with Crippen molar-refractivity contribution in [3.05, 3.63) is 0 Å². The number of halogens is 1. The third-order valence-corrected chi connectivity index (χ3v) is 15.8. The predicted octanol–water partition coefficient (Wildman–Crippen LogP) is -2.81. The van der Waals surface area contributed by atoms with E-state index in [1.807, 2.05) is 5.32 Å². The van der Waals surface area contributed by atoms with Gasteiger partial charge in [-0.3, -0.25) is 57.5 Å². The summed E-state index contributed by atoms with van der Waals surface area (Å²) in [4.78, 5) is 186. The number of hydrogen-bond donors (Lipinski definition) is 21. The summed E-state index contributed by atoms with van der Waals surface area (Å²) in [5.74, 6) is -16.5. The van der Waals surface area contributed by atoms with E-state index in [4.69, 9.17) is 10.8 Å². The van der Waals surface area contributed by atoms with Crippen molar-refractivity contribution in [3.63, 3.8) is 0 Å². The van der Waals surface area contributed by atoms with Crippen LogP contribution in [0.2, 0.25) is 0 Å². The number of carboxylic acids is 5. The molecule has 0 heterocycles. The highest BCUT2D eigenvalue weighted by atomic mass is 127. The number of carboxylic acid groups (broad SMARTS) is 5. The molecule has 0 saturated heterocycles. The van der Waals surface area contributed by atoms with Gasteiger partial charge in [0.1, 0.15) is 42.3 Å². The fraction of sp³-hybridized carbons (Fsp3) is 0.746. The molecule has 96 heavy (non-hydrogen) atoms. The Kier molecular flexibility index (Phi) is 47.7. The second kappa shape index (κ2) is 51.8. The standard InChI is InChI=1S/C59H100IN11O25/c1-34(74)50(51(61)84)70-53(86)36(71-60)18-16-17-31-62-43(75)26-21-37(56(89)90)64-46(78)29-24-40(59(95)96)68-55(88)42(33-73)69-52(85)35(25-30-49(82)83)67-54(87)41(32-72)66-47(79)28-23-39(58(93)94)65-45(77)27-22-38(57(91)92)63-44(76)19-14-12-10-8-6-4-2-3-5-7-9-11-13-15-20-48(80)81/h34-42,50,59,71-74,95-96H,2-33H2,1H3,(H2,61,84)(H,62,75)(H,63,76)(H,64,78)(H,65,77)(H,66,79)(H,67,87)(H,68,88)(H,69,85)(H,70,86)(H,80,81)(H,82,83)(H,89,90)(H,91,92)(H,93,94)/t34-,35+,36+,37+,38+,39+,40+,41+,42+,50+/m1/s1. The lowest BCUT2D eigenvalue weighted by Crippen LogP contribution is -2.59. The van der Waals surface area contributed by atoms with Gasteiger partial charge in [0.05, 0.1) is 31.4 Å². The first-order valence-electron chi connectivity index (χ1n) is 32.1. The van der Waals surface area contributed by atoms with E-state index >= 15 is 0 Å². The van der Waals surface area contributed by atoms with Gasteiger partial charge in [0.25, 0.3) is 0 Å². The van der Waals surface area contributed by atoms with Crippen molar-refractivity contribution >= 4 is 112 Å². The van der Waals surface area contributed by atoms with Gasteiger partial charge < -0.3 is 105 Å². The summed E-state index contributed by atoms with van der Waals surface area (Å²) >= 11 is 1.74. The summed E-state index contributed by atoms with van der Waals surface area (Å²) < 4.78 is 2.74. The van der Waals surface area contributed by atoms with Crippen LogP contribution in [0.3, 0.4) is 0 Å². The van der Waals surface area contributed by atoms with Crippen LogP contribution >= 0.6 is 22.9 Å². The molecule has 0 aliphatic rings. The third kappa shape index (κ3) is 42.2. The summed E-state index contributed by atoms with van der Waals surface area (Å²) in [6.45, 7) is -0.973. The fourth-order valence-electron chi connectivity index (χ4n) is 9.39. The molecule has 10 atom stereocenters. The van der Waals surface area contributed by atoms with E-state index in [1.54, 1.807) is 22.9 Å². The summed E-state index contributed by atoms with van der Waals surface area (Å²) in [6, 6.07) is -14.4. The Morgan fingerprint density at radius 1 is 0.354 bits per heavy atom. The molecule has 36 nitrogen and oxygen atoms in total. The van der Waals surface area contributed by atoms with E-state index < -0.39 is 227 Å². The molecule has 0 unspecified atom stereocenters. The number of aliphatic hydroxyl groups is 5. The van der Waals surface area contributed by atoms with Crippen LogP contribution in [0.15, 0.2) is 0 Å². The molecule has 22 N–H and O–H groups in total. The smallest absolute Gasteiger partial charge is 0.326 e. The topological polar surface area (TPSA) is 605 Å². The average molecular weight is 1490 g/mol. The number of carbonyl (C=O) groups excluding carboxylic acids is 10. The summed E-state index contributed by atoms with van der Waals surface area (Å²) in [7, 11) is 0. The summed E-state index contributed by atoms with van der Waals surface area (Å²) in [5.41, 5.74) is 5.21. The van der Waals surface area contributed by atoms with Gasteiger partial charge in [-0.05, 0) is 71.1 Å². The van der Waals surface area contributed by atoms with Crippen molar-refractivity contribution in [3.8, 4) is 0 Å². The maximum Gasteiger partial charge on any atom is 0.326 e. The number of nitrogens with one attached hydrogen (secondary N) is 10. The number of amides is 10. The van der Waals surface area contributed by atoms with Crippen molar-refractivity contribution in [2.24, 2.45) is 5.73 Å². The molecule has 0 aromatic carbocycles. The van der Waals surface area contributed by atoms with Crippen molar-refractivity contribution in [2.45, 2.75) is 260 Å². The lowest BCUT2D eigenvalue weighted by molar-refractivity contribution is -0.143. The summed E-state index contributed by atoms with van der Waals surface area (Å²) in [6.07, 6.45) is 5.34. The SMILES string of the molecule is C[C@@H](O)[C@H](NC(=O)[C@H](CCCCNC(=O)CC[C@H](NC(=O)CC[C@H](NC(=O)[C@H](CO)NC(=O)[C@H](CCC(=O)O)NC(=O)[C@H](CO)NC(=O)CC[C@H](NC(=O)CC[C@H](NC(=O)CCCCCCCCCCCCCCCCC(=O)O)C(=O)O)C(=O)O)C(O)O)C(=O)O)NI)C(N)=O. The maximum absolute atomic E-state index is 13.4. The van der Waals surface area contributed by atoms with Crippen LogP contribution in [-0.4, -0.2) is 227 Å². The molecule has 0 bridgehead atoms. The van der Waals surface area contributed by atoms with E-state index in [2.05, 4.69) is 46.1 Å². The first-order chi connectivity index (χ1) is 45.4. The molecule has 0 aromatic heterocycles. The molecule has 0 rings (SSSR count). The lowest BCUT2D eigenvalue weighted by Gasteiger charge is -2.26. The minimum Gasteiger partial charge on any atom is -0.481 e. The highest BCUT2D eigenvalue weighted by molar-refractivity contribution is 14.1. The highest BCUT2D eigenvalue weighted by Crippen LogP contribution is 2.15. The normalized spacial score (nSPS) is 14.2. The van der Waals surface area contributed by atoms with Crippen molar-refractivity contribution in [1.29, 1.82) is 0 Å². The zero-order valence-corrected chi connectivity index (χ0v) is 56.2. The molecular weight excluding hydrogens is 1390 g/mol. The van der Waals surface area contributed by atoms with Gasteiger partial charge in [-0.1, -0.05) is 77.0 Å². The predicted molar refractivity (Wildman–Crippen MR) is 345 cm³/mol. The van der Waals surface area contributed by atoms with Crippen LogP contribution in [0.25, 0.3) is 0 Å². The zero-order valence-electron chi connectivity index (χ0n) is 54.0. The van der Waals surface area contributed by atoms with E-state index in [0.29, 0.717) is 25.7 Å². The quantitative estimate of drug-likeness (QED) is 0.0126. The Bertz CT molecular complexity index is 2500. The second-order valence-corrected chi connectivity index (χ2v) is 23.7. The van der Waals surface area contributed by atoms with Gasteiger partial charge in [-0.15, -0.1) is 0 Å². The monoisotopic (exact) mass is 1490 g/mol.